The maximum absolute atomic E-state index is 3.97. The minimum absolute atomic E-state index is 0.964. The number of hydrogen-bond acceptors (Lipinski definition) is 2. The Morgan fingerprint density at radius 3 is 2.20 bits per heavy atom. The summed E-state index contributed by atoms with van der Waals surface area (Å²) in [6.45, 7) is 3.48. The maximum Gasteiger partial charge on any atom is 0.115 e. The van der Waals surface area contributed by atoms with Crippen LogP contribution in [-0.4, -0.2) is 9.97 Å². The average molecular weight is 193 g/mol. The summed E-state index contributed by atoms with van der Waals surface area (Å²) in [5, 5.41) is 0. The second-order valence-corrected chi connectivity index (χ2v) is 3.01. The van der Waals surface area contributed by atoms with Gasteiger partial charge in [0.15, 0.2) is 0 Å². The third kappa shape index (κ3) is 2.21. The third-order valence-electron chi connectivity index (χ3n) is 2.01. The van der Waals surface area contributed by atoms with Gasteiger partial charge >= 0.3 is 0 Å². The Morgan fingerprint density at radius 1 is 0.933 bits per heavy atom. The SMILES string of the molecule is [CH2]C#Cc1ccc(-c2cncnc2)cc1. The van der Waals surface area contributed by atoms with Gasteiger partial charge in [0.2, 0.25) is 0 Å². The lowest BCUT2D eigenvalue weighted by atomic mass is 10.1. The molecule has 71 valence electrons. The number of nitrogens with zero attached hydrogens (tertiary/aromatic N) is 2. The van der Waals surface area contributed by atoms with Gasteiger partial charge in [-0.2, -0.15) is 0 Å². The predicted molar refractivity (Wildman–Crippen MR) is 59.7 cm³/mol. The molecule has 0 aliphatic heterocycles. The molecular formula is C13H9N2. The molecule has 0 saturated carbocycles. The van der Waals surface area contributed by atoms with Crippen LogP contribution < -0.4 is 0 Å². The fourth-order valence-electron chi connectivity index (χ4n) is 1.30. The molecule has 0 aliphatic rings. The van der Waals surface area contributed by atoms with E-state index in [9.17, 15) is 0 Å². The molecule has 1 radical (unpaired) electrons. The van der Waals surface area contributed by atoms with Gasteiger partial charge in [-0.25, -0.2) is 9.97 Å². The average Bonchev–Trinajstić information content (AvgIpc) is 2.32. The van der Waals surface area contributed by atoms with Crippen LogP contribution in [0.1, 0.15) is 5.56 Å². The number of benzene rings is 1. The van der Waals surface area contributed by atoms with Crippen LogP contribution in [0.4, 0.5) is 0 Å². The Kier molecular flexibility index (Phi) is 2.75. The summed E-state index contributed by atoms with van der Waals surface area (Å²) in [6, 6.07) is 7.91. The molecule has 2 aromatic rings. The van der Waals surface area contributed by atoms with Gasteiger partial charge in [-0.15, -0.1) is 0 Å². The highest BCUT2D eigenvalue weighted by atomic mass is 14.8. The molecule has 0 fully saturated rings. The standard InChI is InChI=1S/C13H9N2/c1-2-3-11-4-6-12(7-5-11)13-8-14-10-15-9-13/h4-10H,1H2. The first-order valence-electron chi connectivity index (χ1n) is 4.54. The summed E-state index contributed by atoms with van der Waals surface area (Å²) < 4.78 is 0. The van der Waals surface area contributed by atoms with E-state index in [0.717, 1.165) is 16.7 Å². The largest absolute Gasteiger partial charge is 0.244 e. The molecule has 0 amide bonds. The van der Waals surface area contributed by atoms with Crippen LogP contribution in [0.25, 0.3) is 11.1 Å². The van der Waals surface area contributed by atoms with Crippen LogP contribution in [-0.2, 0) is 0 Å². The first-order chi connectivity index (χ1) is 7.40. The van der Waals surface area contributed by atoms with Crippen molar-refractivity contribution in [3.63, 3.8) is 0 Å². The molecule has 0 aliphatic carbocycles. The molecule has 0 bridgehead atoms. The lowest BCUT2D eigenvalue weighted by molar-refractivity contribution is 1.17. The van der Waals surface area contributed by atoms with E-state index in [1.807, 2.05) is 24.3 Å². The van der Waals surface area contributed by atoms with Crippen molar-refractivity contribution in [3.8, 4) is 23.0 Å². The highest BCUT2D eigenvalue weighted by Crippen LogP contribution is 2.16. The van der Waals surface area contributed by atoms with Crippen molar-refractivity contribution in [2.45, 2.75) is 0 Å². The summed E-state index contributed by atoms with van der Waals surface area (Å²) in [6.07, 6.45) is 5.09. The van der Waals surface area contributed by atoms with E-state index >= 15 is 0 Å². The number of aromatic nitrogens is 2. The minimum Gasteiger partial charge on any atom is -0.244 e. The fraction of sp³-hybridized carbons (Fsp3) is 0. The monoisotopic (exact) mass is 193 g/mol. The first-order valence-corrected chi connectivity index (χ1v) is 4.54. The lowest BCUT2D eigenvalue weighted by Crippen LogP contribution is -1.82. The molecule has 1 aromatic carbocycles. The highest BCUT2D eigenvalue weighted by molar-refractivity contribution is 5.62. The second kappa shape index (κ2) is 4.39. The van der Waals surface area contributed by atoms with Gasteiger partial charge in [0.1, 0.15) is 6.33 Å². The molecule has 15 heavy (non-hydrogen) atoms. The predicted octanol–water partition coefficient (Wildman–Crippen LogP) is 2.33. The zero-order valence-electron chi connectivity index (χ0n) is 8.14. The maximum atomic E-state index is 3.97. The molecule has 2 rings (SSSR count). The minimum atomic E-state index is 0.964. The zero-order chi connectivity index (χ0) is 10.5. The molecule has 1 aromatic heterocycles. The molecule has 2 heteroatoms. The van der Waals surface area contributed by atoms with Crippen LogP contribution in [0.5, 0.6) is 0 Å². The van der Waals surface area contributed by atoms with E-state index < -0.39 is 0 Å². The molecule has 0 spiro atoms. The quantitative estimate of drug-likeness (QED) is 0.649. The van der Waals surface area contributed by atoms with Gasteiger partial charge in [0.25, 0.3) is 0 Å². The van der Waals surface area contributed by atoms with Crippen LogP contribution in [0.3, 0.4) is 0 Å². The molecule has 0 unspecified atom stereocenters. The molecule has 0 N–H and O–H groups in total. The van der Waals surface area contributed by atoms with Crippen molar-refractivity contribution in [3.05, 3.63) is 55.5 Å². The van der Waals surface area contributed by atoms with Gasteiger partial charge < -0.3 is 0 Å². The first kappa shape index (κ1) is 9.42. The Morgan fingerprint density at radius 2 is 1.60 bits per heavy atom. The van der Waals surface area contributed by atoms with E-state index in [0.29, 0.717) is 0 Å². The van der Waals surface area contributed by atoms with Gasteiger partial charge in [-0.3, -0.25) is 0 Å². The lowest BCUT2D eigenvalue weighted by Gasteiger charge is -1.99. The van der Waals surface area contributed by atoms with Crippen molar-refractivity contribution in [2.24, 2.45) is 0 Å². The molecule has 2 nitrogen and oxygen atoms in total. The zero-order valence-corrected chi connectivity index (χ0v) is 8.14. The third-order valence-corrected chi connectivity index (χ3v) is 2.01. The Hall–Kier alpha value is -2.14. The summed E-state index contributed by atoms with van der Waals surface area (Å²) in [5.41, 5.74) is 3.06. The number of hydrogen-bond donors (Lipinski definition) is 0. The summed E-state index contributed by atoms with van der Waals surface area (Å²) in [5.74, 6) is 5.51. The molecule has 1 heterocycles. The van der Waals surface area contributed by atoms with Crippen molar-refractivity contribution in [1.82, 2.24) is 9.97 Å². The normalized spacial score (nSPS) is 9.13. The van der Waals surface area contributed by atoms with Crippen LogP contribution in [0.15, 0.2) is 43.0 Å². The molecular weight excluding hydrogens is 184 g/mol. The van der Waals surface area contributed by atoms with Gasteiger partial charge in [-0.1, -0.05) is 24.0 Å². The fourth-order valence-corrected chi connectivity index (χ4v) is 1.30. The van der Waals surface area contributed by atoms with Crippen molar-refractivity contribution >= 4 is 0 Å². The van der Waals surface area contributed by atoms with Crippen LogP contribution in [0.2, 0.25) is 0 Å². The smallest absolute Gasteiger partial charge is 0.115 e. The van der Waals surface area contributed by atoms with Crippen LogP contribution >= 0.6 is 0 Å². The Bertz CT molecular complexity index is 490. The van der Waals surface area contributed by atoms with E-state index in [1.54, 1.807) is 12.4 Å². The van der Waals surface area contributed by atoms with Crippen molar-refractivity contribution in [1.29, 1.82) is 0 Å². The Labute approximate surface area is 89.0 Å². The highest BCUT2D eigenvalue weighted by Gasteiger charge is 1.96. The summed E-state index contributed by atoms with van der Waals surface area (Å²) in [4.78, 5) is 7.94. The topological polar surface area (TPSA) is 25.8 Å². The summed E-state index contributed by atoms with van der Waals surface area (Å²) in [7, 11) is 0. The molecule has 0 saturated heterocycles. The Balaban J connectivity index is 2.35. The van der Waals surface area contributed by atoms with Gasteiger partial charge in [0.05, 0.1) is 0 Å². The van der Waals surface area contributed by atoms with Crippen molar-refractivity contribution < 1.29 is 0 Å². The van der Waals surface area contributed by atoms with Gasteiger partial charge in [0, 0.05) is 30.4 Å². The van der Waals surface area contributed by atoms with E-state index in [4.69, 9.17) is 0 Å². The van der Waals surface area contributed by atoms with Crippen molar-refractivity contribution in [2.75, 3.05) is 0 Å². The van der Waals surface area contributed by atoms with E-state index in [1.165, 1.54) is 6.33 Å². The summed E-state index contributed by atoms with van der Waals surface area (Å²) >= 11 is 0. The number of rotatable bonds is 1. The van der Waals surface area contributed by atoms with Gasteiger partial charge in [-0.05, 0) is 17.7 Å². The molecule has 0 atom stereocenters. The second-order valence-electron chi connectivity index (χ2n) is 3.01. The van der Waals surface area contributed by atoms with Crippen LogP contribution in [0, 0.1) is 18.8 Å². The van der Waals surface area contributed by atoms with E-state index in [2.05, 4.69) is 28.7 Å². The van der Waals surface area contributed by atoms with E-state index in [-0.39, 0.29) is 0 Å².